The van der Waals surface area contributed by atoms with E-state index in [4.69, 9.17) is 0 Å². The lowest BCUT2D eigenvalue weighted by atomic mass is 10.0. The number of rotatable bonds is 2. The zero-order valence-corrected chi connectivity index (χ0v) is 12.0. The van der Waals surface area contributed by atoms with Crippen LogP contribution in [-0.4, -0.2) is 26.1 Å². The van der Waals surface area contributed by atoms with Crippen LogP contribution >= 0.6 is 0 Å². The fourth-order valence-corrected chi connectivity index (χ4v) is 4.99. The molecule has 1 aromatic carbocycles. The van der Waals surface area contributed by atoms with Crippen molar-refractivity contribution in [3.8, 4) is 0 Å². The van der Waals surface area contributed by atoms with Crippen LogP contribution in [0, 0.1) is 0 Å². The minimum Gasteiger partial charge on any atom is -0.323 e. The Balaban J connectivity index is 1.98. The number of para-hydroxylation sites is 2. The molecule has 1 fully saturated rings. The van der Waals surface area contributed by atoms with Crippen LogP contribution in [0.2, 0.25) is 0 Å². The van der Waals surface area contributed by atoms with Crippen LogP contribution in [0.25, 0.3) is 0 Å². The molecule has 1 aliphatic heterocycles. The first kappa shape index (κ1) is 13.4. The number of hydrogen-bond acceptors (Lipinski definition) is 3. The van der Waals surface area contributed by atoms with E-state index in [1.54, 1.807) is 24.3 Å². The van der Waals surface area contributed by atoms with Gasteiger partial charge >= 0.3 is 0 Å². The molecule has 0 unspecified atom stereocenters. The first-order valence-electron chi connectivity index (χ1n) is 6.99. The van der Waals surface area contributed by atoms with Gasteiger partial charge < -0.3 is 5.32 Å². The Labute approximate surface area is 119 Å². The number of sulfonamides is 1. The maximum atomic E-state index is 12.8. The Morgan fingerprint density at radius 3 is 2.55 bits per heavy atom. The van der Waals surface area contributed by atoms with E-state index < -0.39 is 10.0 Å². The van der Waals surface area contributed by atoms with Crippen molar-refractivity contribution >= 4 is 27.3 Å². The number of carbonyl (C=O) groups excluding carboxylic acids is 1. The summed E-state index contributed by atoms with van der Waals surface area (Å²) in [4.78, 5) is 11.7. The lowest BCUT2D eigenvalue weighted by molar-refractivity contribution is -0.115. The number of carbonyl (C=O) groups is 1. The van der Waals surface area contributed by atoms with Crippen LogP contribution in [0.15, 0.2) is 24.3 Å². The minimum atomic E-state index is -3.46. The predicted octanol–water partition coefficient (Wildman–Crippen LogP) is 2.11. The van der Waals surface area contributed by atoms with Gasteiger partial charge in [-0.05, 0) is 25.0 Å². The van der Waals surface area contributed by atoms with E-state index in [2.05, 4.69) is 5.32 Å². The second-order valence-electron chi connectivity index (χ2n) is 5.38. The van der Waals surface area contributed by atoms with E-state index in [9.17, 15) is 13.2 Å². The largest absolute Gasteiger partial charge is 0.323 e. The highest BCUT2D eigenvalue weighted by Crippen LogP contribution is 2.35. The average Bonchev–Trinajstić information content (AvgIpc) is 2.47. The zero-order valence-electron chi connectivity index (χ0n) is 11.2. The lowest BCUT2D eigenvalue weighted by Crippen LogP contribution is -2.46. The molecular weight excluding hydrogens is 276 g/mol. The van der Waals surface area contributed by atoms with E-state index in [0.29, 0.717) is 24.2 Å². The average molecular weight is 294 g/mol. The van der Waals surface area contributed by atoms with Gasteiger partial charge in [0.25, 0.3) is 0 Å². The van der Waals surface area contributed by atoms with Crippen molar-refractivity contribution in [3.63, 3.8) is 0 Å². The summed E-state index contributed by atoms with van der Waals surface area (Å²) >= 11 is 0. The second-order valence-corrected chi connectivity index (χ2v) is 7.51. The van der Waals surface area contributed by atoms with E-state index in [1.807, 2.05) is 0 Å². The number of hydrogen-bond donors (Lipinski definition) is 1. The molecule has 1 aliphatic carbocycles. The molecule has 6 heteroatoms. The molecule has 0 spiro atoms. The van der Waals surface area contributed by atoms with Gasteiger partial charge in [-0.25, -0.2) is 8.42 Å². The summed E-state index contributed by atoms with van der Waals surface area (Å²) in [7, 11) is -3.46. The Kier molecular flexibility index (Phi) is 3.41. The predicted molar refractivity (Wildman–Crippen MR) is 78.2 cm³/mol. The van der Waals surface area contributed by atoms with Crippen molar-refractivity contribution in [3.05, 3.63) is 24.3 Å². The van der Waals surface area contributed by atoms with Crippen LogP contribution in [0.3, 0.4) is 0 Å². The number of anilines is 2. The van der Waals surface area contributed by atoms with Crippen molar-refractivity contribution in [1.29, 1.82) is 0 Å². The van der Waals surface area contributed by atoms with Crippen molar-refractivity contribution < 1.29 is 13.2 Å². The van der Waals surface area contributed by atoms with E-state index >= 15 is 0 Å². The van der Waals surface area contributed by atoms with E-state index in [-0.39, 0.29) is 17.7 Å². The smallest absolute Gasteiger partial charge is 0.245 e. The molecule has 3 rings (SSSR count). The highest BCUT2D eigenvalue weighted by Gasteiger charge is 2.37. The molecule has 1 amide bonds. The maximum absolute atomic E-state index is 12.8. The van der Waals surface area contributed by atoms with Gasteiger partial charge in [0.05, 0.1) is 16.6 Å². The Morgan fingerprint density at radius 1 is 1.10 bits per heavy atom. The molecule has 20 heavy (non-hydrogen) atoms. The summed E-state index contributed by atoms with van der Waals surface area (Å²) < 4.78 is 26.9. The fraction of sp³-hybridized carbons (Fsp3) is 0.500. The highest BCUT2D eigenvalue weighted by molar-refractivity contribution is 7.93. The van der Waals surface area contributed by atoms with Crippen molar-refractivity contribution in [2.75, 3.05) is 16.2 Å². The van der Waals surface area contributed by atoms with Crippen molar-refractivity contribution in [2.24, 2.45) is 0 Å². The molecule has 1 N–H and O–H groups in total. The molecule has 2 aliphatic rings. The Morgan fingerprint density at radius 2 is 1.80 bits per heavy atom. The van der Waals surface area contributed by atoms with Crippen molar-refractivity contribution in [2.45, 2.75) is 37.4 Å². The maximum Gasteiger partial charge on any atom is 0.245 e. The second kappa shape index (κ2) is 5.09. The molecule has 1 aromatic rings. The molecule has 0 radical (unpaired) electrons. The SMILES string of the molecule is O=C1CN(S(=O)(=O)C2CCCCC2)c2ccccc2N1. The van der Waals surface area contributed by atoms with Gasteiger partial charge in [0.2, 0.25) is 15.9 Å². The summed E-state index contributed by atoms with van der Waals surface area (Å²) in [6, 6.07) is 7.06. The first-order chi connectivity index (χ1) is 9.59. The summed E-state index contributed by atoms with van der Waals surface area (Å²) in [5.41, 5.74) is 1.15. The quantitative estimate of drug-likeness (QED) is 0.908. The summed E-state index contributed by atoms with van der Waals surface area (Å²) in [5.74, 6) is -0.275. The van der Waals surface area contributed by atoms with Crippen LogP contribution in [0.1, 0.15) is 32.1 Å². The van der Waals surface area contributed by atoms with Gasteiger partial charge in [0, 0.05) is 0 Å². The Hall–Kier alpha value is -1.56. The summed E-state index contributed by atoms with van der Waals surface area (Å²) in [5, 5.41) is 2.37. The van der Waals surface area contributed by atoms with Gasteiger partial charge in [0.15, 0.2) is 0 Å². The van der Waals surface area contributed by atoms with Gasteiger partial charge in [0.1, 0.15) is 6.54 Å². The number of fused-ring (bicyclic) bond motifs is 1. The number of nitrogens with one attached hydrogen (secondary N) is 1. The zero-order chi connectivity index (χ0) is 14.2. The molecule has 1 saturated carbocycles. The van der Waals surface area contributed by atoms with Gasteiger partial charge in [-0.2, -0.15) is 0 Å². The molecule has 0 atom stereocenters. The van der Waals surface area contributed by atoms with Crippen LogP contribution in [0.4, 0.5) is 11.4 Å². The van der Waals surface area contributed by atoms with Crippen LogP contribution < -0.4 is 9.62 Å². The fourth-order valence-electron chi connectivity index (χ4n) is 2.97. The summed E-state index contributed by atoms with van der Waals surface area (Å²) in [6.07, 6.45) is 4.39. The van der Waals surface area contributed by atoms with Gasteiger partial charge in [-0.1, -0.05) is 31.4 Å². The third-order valence-electron chi connectivity index (χ3n) is 4.01. The standard InChI is InChI=1S/C14H18N2O3S/c17-14-10-16(13-9-5-4-8-12(13)15-14)20(18,19)11-6-2-1-3-7-11/h4-5,8-9,11H,1-3,6-7,10H2,(H,15,17). The molecule has 0 aromatic heterocycles. The third-order valence-corrected chi connectivity index (χ3v) is 6.27. The molecular formula is C14H18N2O3S. The van der Waals surface area contributed by atoms with E-state index in [1.165, 1.54) is 4.31 Å². The molecule has 5 nitrogen and oxygen atoms in total. The van der Waals surface area contributed by atoms with Crippen LogP contribution in [0.5, 0.6) is 0 Å². The minimum absolute atomic E-state index is 0.115. The molecule has 1 heterocycles. The van der Waals surface area contributed by atoms with Gasteiger partial charge in [-0.15, -0.1) is 0 Å². The molecule has 0 saturated heterocycles. The number of nitrogens with zero attached hydrogens (tertiary/aromatic N) is 1. The van der Waals surface area contributed by atoms with E-state index in [0.717, 1.165) is 19.3 Å². The van der Waals surface area contributed by atoms with Crippen LogP contribution in [-0.2, 0) is 14.8 Å². The highest BCUT2D eigenvalue weighted by atomic mass is 32.2. The lowest BCUT2D eigenvalue weighted by Gasteiger charge is -2.34. The Bertz CT molecular complexity index is 621. The normalized spacial score (nSPS) is 20.4. The molecule has 0 bridgehead atoms. The van der Waals surface area contributed by atoms with Crippen molar-refractivity contribution in [1.82, 2.24) is 0 Å². The third kappa shape index (κ3) is 2.28. The topological polar surface area (TPSA) is 66.5 Å². The first-order valence-corrected chi connectivity index (χ1v) is 8.50. The van der Waals surface area contributed by atoms with Gasteiger partial charge in [-0.3, -0.25) is 9.10 Å². The molecule has 108 valence electrons. The number of amides is 1. The monoisotopic (exact) mass is 294 g/mol. The summed E-state index contributed by atoms with van der Waals surface area (Å²) in [6.45, 7) is -0.115. The number of benzene rings is 1.